The van der Waals surface area contributed by atoms with Gasteiger partial charge >= 0.3 is 5.97 Å². The quantitative estimate of drug-likeness (QED) is 0.708. The van der Waals surface area contributed by atoms with E-state index in [9.17, 15) is 9.90 Å². The van der Waals surface area contributed by atoms with Crippen molar-refractivity contribution in [2.24, 2.45) is 4.99 Å². The molecule has 3 rings (SSSR count). The Kier molecular flexibility index (Phi) is 4.90. The fourth-order valence-electron chi connectivity index (χ4n) is 2.69. The number of benzene rings is 1. The monoisotopic (exact) mass is 407 g/mol. The number of rotatable bonds is 4. The molecular weight excluding hydrogens is 390 g/mol. The molecule has 0 saturated carbocycles. The highest BCUT2D eigenvalue weighted by Gasteiger charge is 2.35. The number of fused-ring (bicyclic) bond motifs is 1. The molecule has 1 aromatic carbocycles. The van der Waals surface area contributed by atoms with E-state index in [1.165, 1.54) is 11.3 Å². The zero-order valence-corrected chi connectivity index (χ0v) is 15.9. The van der Waals surface area contributed by atoms with Crippen LogP contribution in [0, 0.1) is 0 Å². The van der Waals surface area contributed by atoms with E-state index in [0.29, 0.717) is 23.6 Å². The van der Waals surface area contributed by atoms with Gasteiger partial charge in [0.2, 0.25) is 0 Å². The van der Waals surface area contributed by atoms with Gasteiger partial charge in [-0.3, -0.25) is 0 Å². The van der Waals surface area contributed by atoms with Gasteiger partial charge in [-0.1, -0.05) is 35.0 Å². The summed E-state index contributed by atoms with van der Waals surface area (Å²) in [6.45, 7) is 4.55. The van der Waals surface area contributed by atoms with Gasteiger partial charge in [-0.25, -0.2) is 9.79 Å². The van der Waals surface area contributed by atoms with E-state index < -0.39 is 5.97 Å². The maximum Gasteiger partial charge on any atom is 0.339 e. The van der Waals surface area contributed by atoms with Crippen LogP contribution in [0.3, 0.4) is 0 Å². The van der Waals surface area contributed by atoms with Crippen molar-refractivity contribution < 1.29 is 14.6 Å². The van der Waals surface area contributed by atoms with Crippen LogP contribution in [-0.4, -0.2) is 22.9 Å². The van der Waals surface area contributed by atoms with Crippen LogP contribution in [0.5, 0.6) is 0 Å². The van der Waals surface area contributed by atoms with E-state index in [-0.39, 0.29) is 5.60 Å². The highest BCUT2D eigenvalue weighted by atomic mass is 79.9. The first-order valence-corrected chi connectivity index (χ1v) is 9.34. The van der Waals surface area contributed by atoms with Crippen molar-refractivity contribution in [1.29, 1.82) is 0 Å². The number of halogens is 1. The SMILES string of the molecule is CCC1(C)Cc2c(sc(N=Cc3ccc(Br)cc3)c2C(=O)O)CO1. The van der Waals surface area contributed by atoms with Gasteiger partial charge in [0.05, 0.1) is 17.8 Å². The number of ether oxygens (including phenoxy) is 1. The lowest BCUT2D eigenvalue weighted by Gasteiger charge is -2.33. The second kappa shape index (κ2) is 6.78. The molecule has 0 spiro atoms. The topological polar surface area (TPSA) is 58.9 Å². The number of hydrogen-bond donors (Lipinski definition) is 1. The third-order valence-electron chi connectivity index (χ3n) is 4.34. The molecule has 6 heteroatoms. The molecular formula is C18H18BrNO3S. The van der Waals surface area contributed by atoms with Gasteiger partial charge in [-0.15, -0.1) is 11.3 Å². The summed E-state index contributed by atoms with van der Waals surface area (Å²) < 4.78 is 6.92. The Morgan fingerprint density at radius 3 is 2.79 bits per heavy atom. The van der Waals surface area contributed by atoms with Crippen molar-refractivity contribution in [1.82, 2.24) is 0 Å². The van der Waals surface area contributed by atoms with Crippen molar-refractivity contribution >= 4 is 44.5 Å². The van der Waals surface area contributed by atoms with Crippen molar-refractivity contribution in [3.05, 3.63) is 50.3 Å². The minimum atomic E-state index is -0.921. The maximum atomic E-state index is 11.8. The van der Waals surface area contributed by atoms with Crippen LogP contribution >= 0.6 is 27.3 Å². The Morgan fingerprint density at radius 2 is 2.17 bits per heavy atom. The summed E-state index contributed by atoms with van der Waals surface area (Å²) in [5.41, 5.74) is 1.83. The summed E-state index contributed by atoms with van der Waals surface area (Å²) >= 11 is 4.80. The normalized spacial score (nSPS) is 20.3. The van der Waals surface area contributed by atoms with Crippen LogP contribution in [0.25, 0.3) is 0 Å². The molecule has 4 nitrogen and oxygen atoms in total. The third-order valence-corrected chi connectivity index (χ3v) is 5.98. The Balaban J connectivity index is 1.97. The molecule has 1 aliphatic rings. The van der Waals surface area contributed by atoms with Crippen LogP contribution in [-0.2, 0) is 17.8 Å². The number of thiophene rings is 1. The number of nitrogens with zero attached hydrogens (tertiary/aromatic N) is 1. The smallest absolute Gasteiger partial charge is 0.339 e. The zero-order valence-electron chi connectivity index (χ0n) is 13.5. The standard InChI is InChI=1S/C18H18BrNO3S/c1-3-18(2)8-13-14(10-23-18)24-16(15(13)17(21)22)20-9-11-4-6-12(19)7-5-11/h4-7,9H,3,8,10H2,1-2H3,(H,21,22). The highest BCUT2D eigenvalue weighted by molar-refractivity contribution is 9.10. The number of carbonyl (C=O) groups is 1. The lowest BCUT2D eigenvalue weighted by Crippen LogP contribution is -2.34. The summed E-state index contributed by atoms with van der Waals surface area (Å²) in [7, 11) is 0. The van der Waals surface area contributed by atoms with Crippen LogP contribution in [0.15, 0.2) is 33.7 Å². The van der Waals surface area contributed by atoms with E-state index >= 15 is 0 Å². The first-order valence-electron chi connectivity index (χ1n) is 7.73. The summed E-state index contributed by atoms with van der Waals surface area (Å²) in [6, 6.07) is 7.72. The number of aromatic carboxylic acids is 1. The number of carboxylic acids is 1. The molecule has 126 valence electrons. The van der Waals surface area contributed by atoms with Gasteiger partial charge in [0.25, 0.3) is 0 Å². The van der Waals surface area contributed by atoms with E-state index in [1.807, 2.05) is 31.2 Å². The minimum Gasteiger partial charge on any atom is -0.478 e. The zero-order chi connectivity index (χ0) is 17.3. The number of carboxylic acid groups (broad SMARTS) is 1. The van der Waals surface area contributed by atoms with Crippen molar-refractivity contribution in [2.75, 3.05) is 0 Å². The first-order chi connectivity index (χ1) is 11.4. The van der Waals surface area contributed by atoms with E-state index in [0.717, 1.165) is 26.9 Å². The maximum absolute atomic E-state index is 11.8. The van der Waals surface area contributed by atoms with Gasteiger partial charge in [0, 0.05) is 22.0 Å². The molecule has 1 aromatic heterocycles. The van der Waals surface area contributed by atoms with Gasteiger partial charge < -0.3 is 9.84 Å². The van der Waals surface area contributed by atoms with Crippen molar-refractivity contribution in [2.45, 2.75) is 38.9 Å². The Labute approximate surface area is 153 Å². The highest BCUT2D eigenvalue weighted by Crippen LogP contribution is 2.42. The number of aliphatic imine (C=N–C) groups is 1. The molecule has 1 atom stereocenters. The second-order valence-corrected chi connectivity index (χ2v) is 8.07. The van der Waals surface area contributed by atoms with Crippen molar-refractivity contribution in [3.63, 3.8) is 0 Å². The molecule has 0 aliphatic carbocycles. The predicted octanol–water partition coefficient (Wildman–Crippen LogP) is 5.20. The minimum absolute atomic E-state index is 0.301. The summed E-state index contributed by atoms with van der Waals surface area (Å²) in [5, 5.41) is 10.2. The lowest BCUT2D eigenvalue weighted by molar-refractivity contribution is -0.0547. The van der Waals surface area contributed by atoms with E-state index in [2.05, 4.69) is 27.8 Å². The van der Waals surface area contributed by atoms with Gasteiger partial charge in [0.15, 0.2) is 0 Å². The molecule has 0 fully saturated rings. The first kappa shape index (κ1) is 17.3. The molecule has 24 heavy (non-hydrogen) atoms. The molecule has 1 N–H and O–H groups in total. The summed E-state index contributed by atoms with van der Waals surface area (Å²) in [4.78, 5) is 17.2. The Hall–Kier alpha value is -1.50. The average Bonchev–Trinajstić information content (AvgIpc) is 2.91. The Bertz CT molecular complexity index is 797. The molecule has 0 amide bonds. The molecule has 0 bridgehead atoms. The molecule has 2 heterocycles. The second-order valence-electron chi connectivity index (χ2n) is 6.07. The Morgan fingerprint density at radius 1 is 1.46 bits per heavy atom. The summed E-state index contributed by atoms with van der Waals surface area (Å²) in [6.07, 6.45) is 3.17. The fraction of sp³-hybridized carbons (Fsp3) is 0.333. The molecule has 0 saturated heterocycles. The van der Waals surface area contributed by atoms with Crippen molar-refractivity contribution in [3.8, 4) is 0 Å². The average molecular weight is 408 g/mol. The molecule has 1 aliphatic heterocycles. The lowest BCUT2D eigenvalue weighted by atomic mass is 9.89. The van der Waals surface area contributed by atoms with Crippen LogP contribution in [0.2, 0.25) is 0 Å². The molecule has 1 unspecified atom stereocenters. The largest absolute Gasteiger partial charge is 0.478 e. The number of hydrogen-bond acceptors (Lipinski definition) is 4. The van der Waals surface area contributed by atoms with E-state index in [4.69, 9.17) is 4.74 Å². The van der Waals surface area contributed by atoms with Gasteiger partial charge in [-0.05, 0) is 36.6 Å². The third kappa shape index (κ3) is 3.45. The predicted molar refractivity (Wildman–Crippen MR) is 99.9 cm³/mol. The van der Waals surface area contributed by atoms with Crippen LogP contribution < -0.4 is 0 Å². The van der Waals surface area contributed by atoms with Crippen LogP contribution in [0.4, 0.5) is 5.00 Å². The molecule has 0 radical (unpaired) electrons. The van der Waals surface area contributed by atoms with Gasteiger partial charge in [0.1, 0.15) is 5.00 Å². The van der Waals surface area contributed by atoms with E-state index in [1.54, 1.807) is 6.21 Å². The summed E-state index contributed by atoms with van der Waals surface area (Å²) in [5.74, 6) is -0.921. The van der Waals surface area contributed by atoms with Crippen LogP contribution in [0.1, 0.15) is 46.6 Å². The molecule has 2 aromatic rings. The fourth-order valence-corrected chi connectivity index (χ4v) is 4.02. The van der Waals surface area contributed by atoms with Gasteiger partial charge in [-0.2, -0.15) is 0 Å².